The quantitative estimate of drug-likeness (QED) is 0.288. The Labute approximate surface area is 194 Å². The van der Waals surface area contributed by atoms with Gasteiger partial charge in [0.2, 0.25) is 0 Å². The second-order valence-corrected chi connectivity index (χ2v) is 8.71. The van der Waals surface area contributed by atoms with Gasteiger partial charge in [0.25, 0.3) is 0 Å². The third kappa shape index (κ3) is 10.4. The van der Waals surface area contributed by atoms with Gasteiger partial charge in [0.1, 0.15) is 5.56 Å². The molecule has 0 bridgehead atoms. The Kier molecular flexibility index (Phi) is 16.1. The van der Waals surface area contributed by atoms with Gasteiger partial charge in [-0.15, -0.1) is 0 Å². The maximum absolute atomic E-state index is 10.7. The molecule has 30 heavy (non-hydrogen) atoms. The predicted octanol–water partition coefficient (Wildman–Crippen LogP) is 7.70. The number of carboxylic acid groups (broad SMARTS) is 1. The normalized spacial score (nSPS) is 11.0. The first-order valence-electron chi connectivity index (χ1n) is 11.4. The average molecular weight is 464 g/mol. The summed E-state index contributed by atoms with van der Waals surface area (Å²) in [6, 6.07) is 2.89. The largest absolute Gasteiger partial charge is 0.494 e. The molecule has 0 heterocycles. The zero-order valence-corrected chi connectivity index (χ0v) is 21.1. The molecule has 0 radical (unpaired) electrons. The Hall–Kier alpha value is -0.970. The fourth-order valence-electron chi connectivity index (χ4n) is 3.58. The van der Waals surface area contributed by atoms with Crippen LogP contribution in [0.4, 0.5) is 0 Å². The van der Waals surface area contributed by atoms with Crippen molar-refractivity contribution in [2.75, 3.05) is 33.3 Å². The number of rotatable bonds is 14. The molecule has 0 aliphatic heterocycles. The van der Waals surface area contributed by atoms with Gasteiger partial charge in [-0.2, -0.15) is 0 Å². The van der Waals surface area contributed by atoms with Crippen molar-refractivity contribution in [2.24, 2.45) is 0 Å². The van der Waals surface area contributed by atoms with E-state index in [4.69, 9.17) is 33.0 Å². The van der Waals surface area contributed by atoms with Crippen LogP contribution in [0.1, 0.15) is 89.4 Å². The number of benzene rings is 1. The van der Waals surface area contributed by atoms with Crippen LogP contribution in [0.15, 0.2) is 12.1 Å². The molecule has 0 saturated heterocycles. The van der Waals surface area contributed by atoms with E-state index in [9.17, 15) is 4.79 Å². The van der Waals surface area contributed by atoms with E-state index in [1.165, 1.54) is 101 Å². The van der Waals surface area contributed by atoms with Gasteiger partial charge in [0.15, 0.2) is 5.75 Å². The smallest absolute Gasteiger partial charge is 0.341 e. The minimum absolute atomic E-state index is 0.0849. The molecule has 0 unspecified atom stereocenters. The van der Waals surface area contributed by atoms with Crippen LogP contribution in [0.5, 0.6) is 5.75 Å². The Morgan fingerprint density at radius 1 is 0.833 bits per heavy atom. The number of hydrogen-bond donors (Lipinski definition) is 1. The van der Waals surface area contributed by atoms with Crippen molar-refractivity contribution in [3.05, 3.63) is 27.7 Å². The summed E-state index contributed by atoms with van der Waals surface area (Å²) in [5.74, 6) is -1.08. The van der Waals surface area contributed by atoms with Crippen molar-refractivity contribution >= 4 is 29.2 Å². The van der Waals surface area contributed by atoms with Crippen LogP contribution in [0.25, 0.3) is 0 Å². The van der Waals surface area contributed by atoms with Gasteiger partial charge < -0.3 is 14.3 Å². The van der Waals surface area contributed by atoms with E-state index in [2.05, 4.69) is 27.7 Å². The number of quaternary nitrogens is 1. The summed E-state index contributed by atoms with van der Waals surface area (Å²) in [6.45, 7) is 15.0. The number of halogens is 2. The molecule has 0 fully saturated rings. The summed E-state index contributed by atoms with van der Waals surface area (Å²) in [6.07, 6.45) is 11.1. The van der Waals surface area contributed by atoms with Gasteiger partial charge in [-0.05, 0) is 37.8 Å². The lowest BCUT2D eigenvalue weighted by atomic mass is 10.1. The van der Waals surface area contributed by atoms with Crippen LogP contribution in [0.3, 0.4) is 0 Å². The van der Waals surface area contributed by atoms with E-state index in [0.29, 0.717) is 0 Å². The molecule has 1 aromatic rings. The maximum atomic E-state index is 10.7. The Morgan fingerprint density at radius 3 is 1.47 bits per heavy atom. The summed E-state index contributed by atoms with van der Waals surface area (Å²) in [4.78, 5) is 10.7. The molecule has 1 N–H and O–H groups in total. The van der Waals surface area contributed by atoms with Crippen molar-refractivity contribution in [3.63, 3.8) is 0 Å². The van der Waals surface area contributed by atoms with Gasteiger partial charge >= 0.3 is 5.97 Å². The lowest BCUT2D eigenvalue weighted by molar-refractivity contribution is -0.929. The third-order valence-electron chi connectivity index (χ3n) is 5.42. The van der Waals surface area contributed by atoms with Crippen LogP contribution < -0.4 is 4.74 Å². The highest BCUT2D eigenvalue weighted by molar-refractivity contribution is 6.36. The summed E-state index contributed by atoms with van der Waals surface area (Å²) in [5, 5.41) is 9.11. The van der Waals surface area contributed by atoms with Crippen molar-refractivity contribution in [2.45, 2.75) is 79.1 Å². The van der Waals surface area contributed by atoms with Crippen molar-refractivity contribution in [1.29, 1.82) is 0 Å². The molecule has 0 aliphatic rings. The number of ether oxygens (including phenoxy) is 1. The number of methoxy groups -OCH3 is 1. The number of aromatic carboxylic acids is 1. The standard InChI is InChI=1S/C16H36N.C8H6Cl2O3/c1-5-9-13-17(14-10-6-2,15-11-7-3)16-12-8-4;1-13-7-5(10)3-2-4(9)6(7)8(11)12/h5-16H2,1-4H3;2-3H,1H3,(H,11,12)/q+1;. The maximum Gasteiger partial charge on any atom is 0.341 e. The number of carbonyl (C=O) groups is 1. The molecular formula is C24H42Cl2NO3+. The first kappa shape index (κ1) is 29.0. The molecular weight excluding hydrogens is 421 g/mol. The van der Waals surface area contributed by atoms with Crippen molar-refractivity contribution in [1.82, 2.24) is 0 Å². The lowest BCUT2D eigenvalue weighted by Crippen LogP contribution is -2.50. The van der Waals surface area contributed by atoms with E-state index >= 15 is 0 Å². The molecule has 174 valence electrons. The van der Waals surface area contributed by atoms with Crippen LogP contribution >= 0.6 is 23.2 Å². The van der Waals surface area contributed by atoms with E-state index in [1.807, 2.05) is 0 Å². The number of nitrogens with zero attached hydrogens (tertiary/aromatic N) is 1. The predicted molar refractivity (Wildman–Crippen MR) is 129 cm³/mol. The van der Waals surface area contributed by atoms with Crippen LogP contribution in [-0.4, -0.2) is 48.8 Å². The molecule has 1 aromatic carbocycles. The number of unbranched alkanes of at least 4 members (excludes halogenated alkanes) is 4. The molecule has 0 aromatic heterocycles. The molecule has 6 heteroatoms. The zero-order chi connectivity index (χ0) is 23.0. The minimum Gasteiger partial charge on any atom is -0.494 e. The lowest BCUT2D eigenvalue weighted by Gasteiger charge is -2.39. The summed E-state index contributed by atoms with van der Waals surface area (Å²) in [5.41, 5.74) is -0.114. The molecule has 0 atom stereocenters. The van der Waals surface area contributed by atoms with Crippen molar-refractivity contribution < 1.29 is 19.1 Å². The van der Waals surface area contributed by atoms with E-state index < -0.39 is 5.97 Å². The third-order valence-corrected chi connectivity index (χ3v) is 6.03. The van der Waals surface area contributed by atoms with Gasteiger partial charge in [-0.25, -0.2) is 4.79 Å². The van der Waals surface area contributed by atoms with Crippen molar-refractivity contribution in [3.8, 4) is 5.75 Å². The van der Waals surface area contributed by atoms with E-state index in [0.717, 1.165) is 0 Å². The zero-order valence-electron chi connectivity index (χ0n) is 19.6. The first-order valence-corrected chi connectivity index (χ1v) is 12.2. The molecule has 4 nitrogen and oxygen atoms in total. The van der Waals surface area contributed by atoms with Gasteiger partial charge in [0.05, 0.1) is 43.3 Å². The molecule has 1 rings (SSSR count). The van der Waals surface area contributed by atoms with Gasteiger partial charge in [0, 0.05) is 0 Å². The second-order valence-electron chi connectivity index (χ2n) is 7.89. The van der Waals surface area contributed by atoms with Crippen LogP contribution in [0.2, 0.25) is 10.0 Å². The molecule has 0 spiro atoms. The van der Waals surface area contributed by atoms with Crippen LogP contribution in [-0.2, 0) is 0 Å². The highest BCUT2D eigenvalue weighted by atomic mass is 35.5. The number of carboxylic acids is 1. The van der Waals surface area contributed by atoms with E-state index in [-0.39, 0.29) is 21.4 Å². The Morgan fingerprint density at radius 2 is 1.20 bits per heavy atom. The molecule has 0 saturated carbocycles. The Balaban J connectivity index is 0.000000579. The minimum atomic E-state index is -1.16. The summed E-state index contributed by atoms with van der Waals surface area (Å²) >= 11 is 11.4. The van der Waals surface area contributed by atoms with Gasteiger partial charge in [-0.1, -0.05) is 76.6 Å². The highest BCUT2D eigenvalue weighted by Crippen LogP contribution is 2.33. The van der Waals surface area contributed by atoms with Crippen LogP contribution in [0, 0.1) is 0 Å². The highest BCUT2D eigenvalue weighted by Gasteiger charge is 2.24. The SMILES string of the molecule is CCCC[N+](CCCC)(CCCC)CCCC.COc1c(Cl)ccc(Cl)c1C(=O)O. The second kappa shape index (κ2) is 16.7. The first-order chi connectivity index (χ1) is 14.3. The average Bonchev–Trinajstić information content (AvgIpc) is 2.74. The Bertz CT molecular complexity index is 571. The topological polar surface area (TPSA) is 46.5 Å². The summed E-state index contributed by atoms with van der Waals surface area (Å²) in [7, 11) is 1.34. The van der Waals surface area contributed by atoms with E-state index in [1.54, 1.807) is 0 Å². The molecule has 0 aliphatic carbocycles. The monoisotopic (exact) mass is 462 g/mol. The fraction of sp³-hybridized carbons (Fsp3) is 0.708. The van der Waals surface area contributed by atoms with Gasteiger partial charge in [-0.3, -0.25) is 0 Å². The summed E-state index contributed by atoms with van der Waals surface area (Å²) < 4.78 is 6.24. The number of hydrogen-bond acceptors (Lipinski definition) is 2. The molecule has 0 amide bonds. The fourth-order valence-corrected chi connectivity index (χ4v) is 4.04.